The lowest BCUT2D eigenvalue weighted by Gasteiger charge is -2.50. The van der Waals surface area contributed by atoms with Crippen molar-refractivity contribution in [1.82, 2.24) is 0 Å². The zero-order valence-corrected chi connectivity index (χ0v) is 14.3. The standard InChI is InChI=1S/C20H24O4/c1-11(21)24-18-8-6-16-14-3-4-15-12(5-7-17(22)19(15)23)13(14)9-10-20(16,18)2/h5,7,13-14,16,18H,3-4,6,8-10H2,1-2H3/t13-,14-,16+,18+,20+/m1/s1. The number of Topliss-reactive ketones (excluding diaryl/α,β-unsaturated/α-hetero) is 1. The van der Waals surface area contributed by atoms with Crippen LogP contribution in [0.3, 0.4) is 0 Å². The summed E-state index contributed by atoms with van der Waals surface area (Å²) >= 11 is 0. The van der Waals surface area contributed by atoms with Crippen molar-refractivity contribution < 1.29 is 19.1 Å². The largest absolute Gasteiger partial charge is 0.462 e. The van der Waals surface area contributed by atoms with Crippen molar-refractivity contribution in [2.45, 2.75) is 58.5 Å². The fourth-order valence-corrected chi connectivity index (χ4v) is 5.96. The van der Waals surface area contributed by atoms with Crippen LogP contribution in [0.15, 0.2) is 23.3 Å². The van der Waals surface area contributed by atoms with E-state index in [-0.39, 0.29) is 29.1 Å². The Morgan fingerprint density at radius 3 is 2.71 bits per heavy atom. The zero-order valence-electron chi connectivity index (χ0n) is 14.3. The molecule has 2 fully saturated rings. The first-order valence-electron chi connectivity index (χ1n) is 9.09. The van der Waals surface area contributed by atoms with E-state index < -0.39 is 0 Å². The molecule has 0 N–H and O–H groups in total. The Morgan fingerprint density at radius 2 is 1.96 bits per heavy atom. The Bertz CT molecular complexity index is 686. The molecule has 0 saturated heterocycles. The molecule has 24 heavy (non-hydrogen) atoms. The van der Waals surface area contributed by atoms with Crippen molar-refractivity contribution in [2.24, 2.45) is 23.2 Å². The molecule has 4 heteroatoms. The molecule has 128 valence electrons. The van der Waals surface area contributed by atoms with Crippen molar-refractivity contribution in [2.75, 3.05) is 0 Å². The number of fused-ring (bicyclic) bond motifs is 4. The summed E-state index contributed by atoms with van der Waals surface area (Å²) in [6.45, 7) is 3.78. The summed E-state index contributed by atoms with van der Waals surface area (Å²) < 4.78 is 5.64. The van der Waals surface area contributed by atoms with E-state index in [9.17, 15) is 14.4 Å². The van der Waals surface area contributed by atoms with E-state index >= 15 is 0 Å². The van der Waals surface area contributed by atoms with Crippen LogP contribution in [0.1, 0.15) is 52.4 Å². The molecule has 4 aliphatic carbocycles. The summed E-state index contributed by atoms with van der Waals surface area (Å²) in [6, 6.07) is 0. The van der Waals surface area contributed by atoms with Crippen LogP contribution >= 0.6 is 0 Å². The second kappa shape index (κ2) is 5.40. The van der Waals surface area contributed by atoms with E-state index in [1.807, 2.05) is 6.08 Å². The van der Waals surface area contributed by atoms with E-state index in [1.54, 1.807) is 0 Å². The van der Waals surface area contributed by atoms with E-state index in [4.69, 9.17) is 4.74 Å². The lowest BCUT2D eigenvalue weighted by atomic mass is 9.54. The van der Waals surface area contributed by atoms with Crippen molar-refractivity contribution in [3.8, 4) is 0 Å². The van der Waals surface area contributed by atoms with Gasteiger partial charge in [0.15, 0.2) is 0 Å². The van der Waals surface area contributed by atoms with Gasteiger partial charge in [-0.1, -0.05) is 13.0 Å². The minimum atomic E-state index is -0.372. The highest BCUT2D eigenvalue weighted by atomic mass is 16.5. The Hall–Kier alpha value is -1.71. The molecule has 4 nitrogen and oxygen atoms in total. The number of carbonyl (C=O) groups is 3. The predicted octanol–water partition coefficient (Wildman–Crippen LogP) is 3.16. The van der Waals surface area contributed by atoms with Crippen LogP contribution in [0.5, 0.6) is 0 Å². The first-order valence-corrected chi connectivity index (χ1v) is 9.09. The van der Waals surface area contributed by atoms with E-state index in [1.165, 1.54) is 13.0 Å². The number of hydrogen-bond donors (Lipinski definition) is 0. The Morgan fingerprint density at radius 1 is 1.17 bits per heavy atom. The molecule has 0 heterocycles. The van der Waals surface area contributed by atoms with Crippen molar-refractivity contribution in [1.29, 1.82) is 0 Å². The molecule has 4 rings (SSSR count). The first kappa shape index (κ1) is 15.8. The fraction of sp³-hybridized carbons (Fsp3) is 0.650. The Balaban J connectivity index is 1.63. The molecule has 0 aromatic carbocycles. The normalized spacial score (nSPS) is 40.9. The highest BCUT2D eigenvalue weighted by Gasteiger charge is 2.56. The van der Waals surface area contributed by atoms with Gasteiger partial charge in [-0.25, -0.2) is 0 Å². The number of carbonyl (C=O) groups excluding carboxylic acids is 3. The molecule has 0 amide bonds. The lowest BCUT2D eigenvalue weighted by molar-refractivity contribution is -0.155. The topological polar surface area (TPSA) is 60.4 Å². The van der Waals surface area contributed by atoms with Gasteiger partial charge in [-0.3, -0.25) is 14.4 Å². The number of allylic oxidation sites excluding steroid dienone is 4. The van der Waals surface area contributed by atoms with Gasteiger partial charge in [-0.15, -0.1) is 0 Å². The third kappa shape index (κ3) is 2.15. The van der Waals surface area contributed by atoms with E-state index in [0.717, 1.165) is 49.7 Å². The van der Waals surface area contributed by atoms with E-state index in [2.05, 4.69) is 6.92 Å². The summed E-state index contributed by atoms with van der Waals surface area (Å²) in [5.74, 6) is 0.616. The molecule has 5 atom stereocenters. The van der Waals surface area contributed by atoms with E-state index in [0.29, 0.717) is 17.8 Å². The number of rotatable bonds is 1. The average Bonchev–Trinajstić information content (AvgIpc) is 2.87. The smallest absolute Gasteiger partial charge is 0.302 e. The zero-order chi connectivity index (χ0) is 17.1. The number of ether oxygens (including phenoxy) is 1. The maximum atomic E-state index is 12.2. The Kier molecular flexibility index (Phi) is 3.55. The summed E-state index contributed by atoms with van der Waals surface area (Å²) in [4.78, 5) is 35.3. The minimum Gasteiger partial charge on any atom is -0.462 e. The first-order chi connectivity index (χ1) is 11.4. The van der Waals surface area contributed by atoms with Gasteiger partial charge in [0.1, 0.15) is 6.10 Å². The quantitative estimate of drug-likeness (QED) is 0.421. The summed E-state index contributed by atoms with van der Waals surface area (Å²) in [5.41, 5.74) is 1.94. The lowest BCUT2D eigenvalue weighted by Crippen LogP contribution is -2.46. The van der Waals surface area contributed by atoms with Gasteiger partial charge < -0.3 is 4.74 Å². The molecule has 0 bridgehead atoms. The monoisotopic (exact) mass is 328 g/mol. The molecule has 4 aliphatic rings. The average molecular weight is 328 g/mol. The second-order valence-electron chi connectivity index (χ2n) is 8.10. The van der Waals surface area contributed by atoms with Gasteiger partial charge in [0.05, 0.1) is 0 Å². The van der Waals surface area contributed by atoms with Gasteiger partial charge >= 0.3 is 5.97 Å². The maximum absolute atomic E-state index is 12.2. The second-order valence-corrected chi connectivity index (χ2v) is 8.10. The molecule has 0 aromatic rings. The molecular weight excluding hydrogens is 304 g/mol. The highest BCUT2D eigenvalue weighted by molar-refractivity contribution is 6.48. The van der Waals surface area contributed by atoms with Crippen LogP contribution in [-0.4, -0.2) is 23.6 Å². The van der Waals surface area contributed by atoms with Crippen LogP contribution in [-0.2, 0) is 19.1 Å². The van der Waals surface area contributed by atoms with Crippen molar-refractivity contribution in [3.05, 3.63) is 23.3 Å². The summed E-state index contributed by atoms with van der Waals surface area (Å²) in [7, 11) is 0. The van der Waals surface area contributed by atoms with Crippen LogP contribution in [0.2, 0.25) is 0 Å². The van der Waals surface area contributed by atoms with Crippen LogP contribution in [0.4, 0.5) is 0 Å². The molecule has 0 unspecified atom stereocenters. The Labute approximate surface area is 142 Å². The van der Waals surface area contributed by atoms with Crippen LogP contribution in [0, 0.1) is 23.2 Å². The van der Waals surface area contributed by atoms with Gasteiger partial charge in [0, 0.05) is 17.9 Å². The molecular formula is C20H24O4. The van der Waals surface area contributed by atoms with Gasteiger partial charge in [0.25, 0.3) is 0 Å². The number of ketones is 2. The van der Waals surface area contributed by atoms with Gasteiger partial charge in [0.2, 0.25) is 11.6 Å². The molecule has 0 aliphatic heterocycles. The third-order valence-electron chi connectivity index (χ3n) is 7.05. The highest BCUT2D eigenvalue weighted by Crippen LogP contribution is 2.61. The van der Waals surface area contributed by atoms with Crippen molar-refractivity contribution in [3.63, 3.8) is 0 Å². The minimum absolute atomic E-state index is 0.0291. The SMILES string of the molecule is CC(=O)O[C@H]1CC[C@H]2[C@@H]3CCC4=C(C=CC(=O)C4=O)[C@H]3CC[C@]12C. The summed E-state index contributed by atoms with van der Waals surface area (Å²) in [5, 5.41) is 0. The molecule has 0 aromatic heterocycles. The fourth-order valence-electron chi connectivity index (χ4n) is 5.96. The molecule has 0 spiro atoms. The molecule has 2 saturated carbocycles. The number of hydrogen-bond acceptors (Lipinski definition) is 4. The third-order valence-corrected chi connectivity index (χ3v) is 7.05. The maximum Gasteiger partial charge on any atom is 0.302 e. The van der Waals surface area contributed by atoms with Gasteiger partial charge in [-0.05, 0) is 67.9 Å². The van der Waals surface area contributed by atoms with Crippen LogP contribution in [0.25, 0.3) is 0 Å². The number of esters is 1. The van der Waals surface area contributed by atoms with Crippen molar-refractivity contribution >= 4 is 17.5 Å². The summed E-state index contributed by atoms with van der Waals surface area (Å²) in [6.07, 6.45) is 9.15. The van der Waals surface area contributed by atoms with Gasteiger partial charge in [-0.2, -0.15) is 0 Å². The van der Waals surface area contributed by atoms with Crippen LogP contribution < -0.4 is 0 Å². The molecule has 0 radical (unpaired) electrons. The predicted molar refractivity (Wildman–Crippen MR) is 88.0 cm³/mol.